The minimum absolute atomic E-state index is 0.0172. The third kappa shape index (κ3) is 4.06. The topological polar surface area (TPSA) is 54.4 Å². The highest BCUT2D eigenvalue weighted by molar-refractivity contribution is 6.09. The second-order valence-electron chi connectivity index (χ2n) is 7.82. The first-order chi connectivity index (χ1) is 14.1. The van der Waals surface area contributed by atoms with Gasteiger partial charge in [0, 0.05) is 16.7 Å². The zero-order valence-electron chi connectivity index (χ0n) is 16.3. The molecule has 1 aliphatic rings. The summed E-state index contributed by atoms with van der Waals surface area (Å²) in [6.45, 7) is 0. The largest absolute Gasteiger partial charge is 0.382 e. The average molecular weight is 384 g/mol. The molecule has 4 rings (SSSR count). The third-order valence-electron chi connectivity index (χ3n) is 5.95. The van der Waals surface area contributed by atoms with Gasteiger partial charge in [0.05, 0.1) is 0 Å². The predicted octanol–water partition coefficient (Wildman–Crippen LogP) is 5.19. The fourth-order valence-electron chi connectivity index (χ4n) is 4.18. The Balaban J connectivity index is 1.42. The fourth-order valence-corrected chi connectivity index (χ4v) is 4.18. The second kappa shape index (κ2) is 8.14. The van der Waals surface area contributed by atoms with Gasteiger partial charge in [-0.3, -0.25) is 9.59 Å². The highest BCUT2D eigenvalue weighted by atomic mass is 16.3. The second-order valence-corrected chi connectivity index (χ2v) is 7.82. The van der Waals surface area contributed by atoms with Crippen LogP contribution < -0.4 is 0 Å². The molecule has 0 amide bonds. The maximum atomic E-state index is 12.7. The van der Waals surface area contributed by atoms with Gasteiger partial charge in [-0.25, -0.2) is 0 Å². The summed E-state index contributed by atoms with van der Waals surface area (Å²) in [6.07, 6.45) is 2.41. The molecule has 0 atom stereocenters. The molecule has 1 fully saturated rings. The summed E-state index contributed by atoms with van der Waals surface area (Å²) in [7, 11) is 0. The van der Waals surface area contributed by atoms with Gasteiger partial charge in [-0.2, -0.15) is 0 Å². The van der Waals surface area contributed by atoms with E-state index in [0.29, 0.717) is 35.4 Å². The van der Waals surface area contributed by atoms with Gasteiger partial charge in [0.25, 0.3) is 0 Å². The van der Waals surface area contributed by atoms with E-state index in [4.69, 9.17) is 0 Å². The highest BCUT2D eigenvalue weighted by Gasteiger charge is 2.40. The van der Waals surface area contributed by atoms with E-state index < -0.39 is 5.60 Å². The van der Waals surface area contributed by atoms with E-state index >= 15 is 0 Å². The molecule has 0 aromatic heterocycles. The monoisotopic (exact) mass is 384 g/mol. The van der Waals surface area contributed by atoms with Crippen molar-refractivity contribution in [1.29, 1.82) is 0 Å². The van der Waals surface area contributed by atoms with Crippen LogP contribution in [0.5, 0.6) is 0 Å². The Hall–Kier alpha value is -3.04. The Morgan fingerprint density at radius 1 is 0.690 bits per heavy atom. The number of rotatable bonds is 5. The first-order valence-corrected chi connectivity index (χ1v) is 10.1. The van der Waals surface area contributed by atoms with Crippen LogP contribution in [0.3, 0.4) is 0 Å². The molecule has 0 unspecified atom stereocenters. The fraction of sp³-hybridized carbons (Fsp3) is 0.231. The highest BCUT2D eigenvalue weighted by Crippen LogP contribution is 2.39. The Bertz CT molecular complexity index is 983. The van der Waals surface area contributed by atoms with Gasteiger partial charge in [0.1, 0.15) is 5.60 Å². The first kappa shape index (κ1) is 19.3. The Labute approximate surface area is 171 Å². The van der Waals surface area contributed by atoms with Crippen LogP contribution in [-0.4, -0.2) is 22.3 Å². The van der Waals surface area contributed by atoms with Crippen LogP contribution in [-0.2, 0) is 0 Å². The van der Waals surface area contributed by atoms with Crippen molar-refractivity contribution < 1.29 is 14.7 Å². The van der Waals surface area contributed by atoms with Crippen molar-refractivity contribution >= 4 is 11.6 Å². The van der Waals surface area contributed by atoms with Crippen molar-refractivity contribution in [2.24, 2.45) is 0 Å². The van der Waals surface area contributed by atoms with Crippen molar-refractivity contribution in [1.82, 2.24) is 0 Å². The van der Waals surface area contributed by atoms with E-state index in [1.165, 1.54) is 0 Å². The minimum atomic E-state index is -1.28. The van der Waals surface area contributed by atoms with Crippen LogP contribution in [0, 0.1) is 0 Å². The average Bonchev–Trinajstić information content (AvgIpc) is 2.80. The zero-order chi connectivity index (χ0) is 20.3. The number of benzene rings is 3. The molecule has 146 valence electrons. The van der Waals surface area contributed by atoms with E-state index in [0.717, 1.165) is 18.4 Å². The van der Waals surface area contributed by atoms with E-state index in [1.807, 2.05) is 72.8 Å². The lowest BCUT2D eigenvalue weighted by Crippen LogP contribution is -2.41. The van der Waals surface area contributed by atoms with Crippen molar-refractivity contribution in [3.8, 4) is 0 Å². The number of Topliss-reactive ketones (excluding diaryl/α,β-unsaturated/α-hetero) is 1. The molecular weight excluding hydrogens is 360 g/mol. The molecule has 3 nitrogen and oxygen atoms in total. The SMILES string of the molecule is O=C(c1ccccc1)c1ccc(C2CCC(O)(C(=O)c3ccccc3)CC2)cc1. The summed E-state index contributed by atoms with van der Waals surface area (Å²) in [5.74, 6) is 0.128. The smallest absolute Gasteiger partial charge is 0.194 e. The summed E-state index contributed by atoms with van der Waals surface area (Å²) in [5, 5.41) is 10.9. The maximum absolute atomic E-state index is 12.7. The number of carbonyl (C=O) groups excluding carboxylic acids is 2. The first-order valence-electron chi connectivity index (χ1n) is 10.1. The van der Waals surface area contributed by atoms with Gasteiger partial charge in [0.15, 0.2) is 11.6 Å². The van der Waals surface area contributed by atoms with Gasteiger partial charge in [0.2, 0.25) is 0 Å². The quantitative estimate of drug-likeness (QED) is 0.616. The van der Waals surface area contributed by atoms with Gasteiger partial charge in [-0.1, -0.05) is 84.9 Å². The molecule has 0 spiro atoms. The van der Waals surface area contributed by atoms with Crippen molar-refractivity contribution in [3.05, 3.63) is 107 Å². The molecule has 29 heavy (non-hydrogen) atoms. The predicted molar refractivity (Wildman–Crippen MR) is 113 cm³/mol. The minimum Gasteiger partial charge on any atom is -0.382 e. The van der Waals surface area contributed by atoms with E-state index in [2.05, 4.69) is 0 Å². The Kier molecular flexibility index (Phi) is 5.41. The number of hydrogen-bond acceptors (Lipinski definition) is 3. The van der Waals surface area contributed by atoms with Gasteiger partial charge >= 0.3 is 0 Å². The van der Waals surface area contributed by atoms with Crippen molar-refractivity contribution in [3.63, 3.8) is 0 Å². The summed E-state index contributed by atoms with van der Waals surface area (Å²) in [6, 6.07) is 26.0. The van der Waals surface area contributed by atoms with Crippen molar-refractivity contribution in [2.45, 2.75) is 37.2 Å². The van der Waals surface area contributed by atoms with Crippen LogP contribution in [0.4, 0.5) is 0 Å². The molecule has 1 N–H and O–H groups in total. The van der Waals surface area contributed by atoms with Crippen LogP contribution >= 0.6 is 0 Å². The zero-order valence-corrected chi connectivity index (χ0v) is 16.3. The molecule has 3 aromatic carbocycles. The molecule has 0 radical (unpaired) electrons. The van der Waals surface area contributed by atoms with E-state index in [9.17, 15) is 14.7 Å². The van der Waals surface area contributed by atoms with Gasteiger partial charge in [-0.05, 0) is 37.2 Å². The molecule has 1 saturated carbocycles. The number of ketones is 2. The molecule has 0 bridgehead atoms. The van der Waals surface area contributed by atoms with Crippen LogP contribution in [0.2, 0.25) is 0 Å². The molecule has 3 heteroatoms. The van der Waals surface area contributed by atoms with Crippen molar-refractivity contribution in [2.75, 3.05) is 0 Å². The summed E-state index contributed by atoms with van der Waals surface area (Å²) in [5.41, 5.74) is 1.80. The molecule has 1 aliphatic carbocycles. The van der Waals surface area contributed by atoms with Gasteiger partial charge < -0.3 is 5.11 Å². The molecule has 0 saturated heterocycles. The lowest BCUT2D eigenvalue weighted by atomic mass is 9.73. The number of hydrogen-bond donors (Lipinski definition) is 1. The number of carbonyl (C=O) groups is 2. The molecule has 3 aromatic rings. The van der Waals surface area contributed by atoms with Gasteiger partial charge in [-0.15, -0.1) is 0 Å². The van der Waals surface area contributed by atoms with Crippen LogP contribution in [0.1, 0.15) is 63.4 Å². The molecule has 0 aliphatic heterocycles. The van der Waals surface area contributed by atoms with E-state index in [-0.39, 0.29) is 11.6 Å². The Morgan fingerprint density at radius 3 is 1.72 bits per heavy atom. The van der Waals surface area contributed by atoms with Crippen LogP contribution in [0.25, 0.3) is 0 Å². The third-order valence-corrected chi connectivity index (χ3v) is 5.95. The summed E-state index contributed by atoms with van der Waals surface area (Å²) < 4.78 is 0. The summed E-state index contributed by atoms with van der Waals surface area (Å²) >= 11 is 0. The molecule has 0 heterocycles. The standard InChI is InChI=1S/C26H24O3/c27-24(21-7-3-1-4-8-21)22-13-11-19(12-14-22)20-15-17-26(29,18-16-20)25(28)23-9-5-2-6-10-23/h1-14,20,29H,15-18H2. The Morgan fingerprint density at radius 2 is 1.17 bits per heavy atom. The normalized spacial score (nSPS) is 21.5. The summed E-state index contributed by atoms with van der Waals surface area (Å²) in [4.78, 5) is 25.3. The lowest BCUT2D eigenvalue weighted by Gasteiger charge is -2.35. The maximum Gasteiger partial charge on any atom is 0.194 e. The lowest BCUT2D eigenvalue weighted by molar-refractivity contribution is 0.00843. The number of aliphatic hydroxyl groups is 1. The van der Waals surface area contributed by atoms with E-state index in [1.54, 1.807) is 12.1 Å². The molecular formula is C26H24O3. The van der Waals surface area contributed by atoms with Crippen LogP contribution in [0.15, 0.2) is 84.9 Å².